The molecule has 0 radical (unpaired) electrons. The Labute approximate surface area is 194 Å². The fourth-order valence-corrected chi connectivity index (χ4v) is 5.53. The lowest BCUT2D eigenvalue weighted by Gasteiger charge is -2.24. The van der Waals surface area contributed by atoms with Gasteiger partial charge in [-0.25, -0.2) is 19.2 Å². The number of hydrogen-bond donors (Lipinski definition) is 1. The monoisotopic (exact) mass is 473 g/mol. The van der Waals surface area contributed by atoms with Crippen LogP contribution in [0.25, 0.3) is 10.2 Å². The molecule has 1 N–H and O–H groups in total. The molecule has 2 aliphatic rings. The van der Waals surface area contributed by atoms with Crippen molar-refractivity contribution in [3.8, 4) is 5.75 Å². The van der Waals surface area contributed by atoms with Crippen LogP contribution in [-0.4, -0.2) is 47.1 Å². The van der Waals surface area contributed by atoms with Crippen molar-refractivity contribution in [1.82, 2.24) is 9.97 Å². The quantitative estimate of drug-likeness (QED) is 0.532. The number of carbonyl (C=O) groups excluding carboxylic acids is 1. The van der Waals surface area contributed by atoms with Crippen LogP contribution < -0.4 is 10.1 Å². The number of halogens is 1. The second-order valence-electron chi connectivity index (χ2n) is 8.59. The molecule has 33 heavy (non-hydrogen) atoms. The molecule has 5 rings (SSSR count). The third-order valence-electron chi connectivity index (χ3n) is 5.90. The van der Waals surface area contributed by atoms with Gasteiger partial charge >= 0.3 is 5.97 Å². The van der Waals surface area contributed by atoms with Gasteiger partial charge in [-0.1, -0.05) is 0 Å². The maximum atomic E-state index is 14.2. The van der Waals surface area contributed by atoms with Crippen LogP contribution in [0.4, 0.5) is 15.9 Å². The van der Waals surface area contributed by atoms with E-state index in [1.165, 1.54) is 36.9 Å². The third-order valence-corrected chi connectivity index (χ3v) is 7.08. The highest BCUT2D eigenvalue weighted by molar-refractivity contribution is 7.20. The van der Waals surface area contributed by atoms with Gasteiger partial charge < -0.3 is 24.3 Å². The van der Waals surface area contributed by atoms with Crippen LogP contribution in [0.1, 0.15) is 41.9 Å². The Morgan fingerprint density at radius 3 is 2.88 bits per heavy atom. The number of fused-ring (bicyclic) bond motifs is 2. The lowest BCUT2D eigenvalue weighted by Crippen LogP contribution is -2.33. The SMILES string of the molecule is COC(=O)c1sc2ncnc(Nc3ccc(F)cc3OC3CC[C@H]4OC(C)(C)O[C@@H]34)c2c1C. The molecule has 0 spiro atoms. The summed E-state index contributed by atoms with van der Waals surface area (Å²) >= 11 is 1.24. The number of aryl methyl sites for hydroxylation is 1. The molecule has 1 unspecified atom stereocenters. The molecule has 1 saturated heterocycles. The Morgan fingerprint density at radius 1 is 1.27 bits per heavy atom. The number of carbonyl (C=O) groups is 1. The van der Waals surface area contributed by atoms with Crippen LogP contribution in [0.2, 0.25) is 0 Å². The minimum Gasteiger partial charge on any atom is -0.485 e. The van der Waals surface area contributed by atoms with Gasteiger partial charge in [-0.2, -0.15) is 0 Å². The van der Waals surface area contributed by atoms with E-state index in [4.69, 9.17) is 18.9 Å². The summed E-state index contributed by atoms with van der Waals surface area (Å²) in [4.78, 5) is 21.9. The third kappa shape index (κ3) is 4.03. The summed E-state index contributed by atoms with van der Waals surface area (Å²) in [5.74, 6) is -0.667. The topological polar surface area (TPSA) is 91.8 Å². The van der Waals surface area contributed by atoms with Gasteiger partial charge in [-0.15, -0.1) is 11.3 Å². The Hall–Kier alpha value is -2.82. The summed E-state index contributed by atoms with van der Waals surface area (Å²) in [5.41, 5.74) is 1.26. The summed E-state index contributed by atoms with van der Waals surface area (Å²) in [5, 5.41) is 3.95. The molecule has 1 aromatic carbocycles. The molecule has 1 aliphatic carbocycles. The average molecular weight is 474 g/mol. The first-order valence-corrected chi connectivity index (χ1v) is 11.5. The number of nitrogens with zero attached hydrogens (tertiary/aromatic N) is 2. The van der Waals surface area contributed by atoms with E-state index in [-0.39, 0.29) is 18.3 Å². The van der Waals surface area contributed by atoms with Gasteiger partial charge in [0.05, 0.1) is 24.3 Å². The molecule has 8 nitrogen and oxygen atoms in total. The van der Waals surface area contributed by atoms with Crippen molar-refractivity contribution in [2.45, 2.75) is 57.7 Å². The first kappa shape index (κ1) is 22.0. The van der Waals surface area contributed by atoms with Crippen LogP contribution in [0.5, 0.6) is 5.75 Å². The average Bonchev–Trinajstić information content (AvgIpc) is 3.40. The van der Waals surface area contributed by atoms with Crippen molar-refractivity contribution in [3.63, 3.8) is 0 Å². The Morgan fingerprint density at radius 2 is 2.09 bits per heavy atom. The fourth-order valence-electron chi connectivity index (χ4n) is 4.46. The van der Waals surface area contributed by atoms with Crippen LogP contribution >= 0.6 is 11.3 Å². The number of esters is 1. The zero-order valence-corrected chi connectivity index (χ0v) is 19.5. The molecule has 2 aromatic heterocycles. The molecule has 1 aliphatic heterocycles. The maximum absolute atomic E-state index is 14.2. The Balaban J connectivity index is 1.46. The predicted molar refractivity (Wildman–Crippen MR) is 121 cm³/mol. The summed E-state index contributed by atoms with van der Waals surface area (Å²) in [7, 11) is 1.34. The molecular weight excluding hydrogens is 449 g/mol. The first-order chi connectivity index (χ1) is 15.8. The number of benzene rings is 1. The first-order valence-electron chi connectivity index (χ1n) is 10.7. The second kappa shape index (κ2) is 8.19. The van der Waals surface area contributed by atoms with E-state index in [1.807, 2.05) is 20.8 Å². The molecule has 2 fully saturated rings. The second-order valence-corrected chi connectivity index (χ2v) is 9.59. The highest BCUT2D eigenvalue weighted by atomic mass is 32.1. The number of nitrogens with one attached hydrogen (secondary N) is 1. The number of hydrogen-bond acceptors (Lipinski definition) is 9. The fraction of sp³-hybridized carbons (Fsp3) is 0.435. The van der Waals surface area contributed by atoms with E-state index in [1.54, 1.807) is 6.07 Å². The number of ether oxygens (including phenoxy) is 4. The van der Waals surface area contributed by atoms with E-state index in [0.717, 1.165) is 12.8 Å². The molecule has 3 atom stereocenters. The van der Waals surface area contributed by atoms with Gasteiger partial charge in [-0.05, 0) is 51.3 Å². The number of anilines is 2. The maximum Gasteiger partial charge on any atom is 0.348 e. The number of rotatable bonds is 5. The molecule has 1 saturated carbocycles. The van der Waals surface area contributed by atoms with Gasteiger partial charge in [0.25, 0.3) is 0 Å². The molecule has 0 amide bonds. The van der Waals surface area contributed by atoms with Crippen molar-refractivity contribution in [1.29, 1.82) is 0 Å². The van der Waals surface area contributed by atoms with Crippen LogP contribution in [0.3, 0.4) is 0 Å². The van der Waals surface area contributed by atoms with Crippen molar-refractivity contribution >= 4 is 39.0 Å². The van der Waals surface area contributed by atoms with Gasteiger partial charge in [0, 0.05) is 6.07 Å². The van der Waals surface area contributed by atoms with Crippen LogP contribution in [-0.2, 0) is 14.2 Å². The zero-order chi connectivity index (χ0) is 23.3. The van der Waals surface area contributed by atoms with E-state index in [0.29, 0.717) is 37.9 Å². The van der Waals surface area contributed by atoms with E-state index >= 15 is 0 Å². The molecule has 3 aromatic rings. The summed E-state index contributed by atoms with van der Waals surface area (Å²) in [6, 6.07) is 4.29. The Bertz CT molecular complexity index is 1230. The van der Waals surface area contributed by atoms with E-state index < -0.39 is 17.6 Å². The molecule has 10 heteroatoms. The van der Waals surface area contributed by atoms with Crippen LogP contribution in [0.15, 0.2) is 24.5 Å². The van der Waals surface area contributed by atoms with Gasteiger partial charge in [0.15, 0.2) is 5.79 Å². The molecule has 174 valence electrons. The van der Waals surface area contributed by atoms with E-state index in [2.05, 4.69) is 15.3 Å². The lowest BCUT2D eigenvalue weighted by atomic mass is 10.2. The van der Waals surface area contributed by atoms with Crippen LogP contribution in [0, 0.1) is 12.7 Å². The highest BCUT2D eigenvalue weighted by Crippen LogP contribution is 2.42. The van der Waals surface area contributed by atoms with E-state index in [9.17, 15) is 9.18 Å². The largest absolute Gasteiger partial charge is 0.485 e. The van der Waals surface area contributed by atoms with Crippen molar-refractivity contribution in [3.05, 3.63) is 40.8 Å². The number of aromatic nitrogens is 2. The summed E-state index contributed by atoms with van der Waals surface area (Å²) in [6.45, 7) is 5.58. The zero-order valence-electron chi connectivity index (χ0n) is 18.7. The van der Waals surface area contributed by atoms with Gasteiger partial charge in [0.1, 0.15) is 45.6 Å². The lowest BCUT2D eigenvalue weighted by molar-refractivity contribution is -0.159. The Kier molecular flexibility index (Phi) is 5.46. The molecule has 0 bridgehead atoms. The minimum atomic E-state index is -0.666. The van der Waals surface area contributed by atoms with Crippen molar-refractivity contribution in [2.75, 3.05) is 12.4 Å². The summed E-state index contributed by atoms with van der Waals surface area (Å²) in [6.07, 6.45) is 2.45. The number of methoxy groups -OCH3 is 1. The summed E-state index contributed by atoms with van der Waals surface area (Å²) < 4.78 is 37.3. The minimum absolute atomic E-state index is 0.0401. The predicted octanol–water partition coefficient (Wildman–Crippen LogP) is 4.73. The molecule has 3 heterocycles. The van der Waals surface area contributed by atoms with Gasteiger partial charge in [0.2, 0.25) is 0 Å². The van der Waals surface area contributed by atoms with Crippen molar-refractivity contribution < 1.29 is 28.1 Å². The number of thiophene rings is 1. The van der Waals surface area contributed by atoms with Gasteiger partial charge in [-0.3, -0.25) is 0 Å². The smallest absolute Gasteiger partial charge is 0.348 e. The molecular formula is C23H24FN3O5S. The normalized spacial score (nSPS) is 23.5. The highest BCUT2D eigenvalue weighted by Gasteiger charge is 2.50. The standard InChI is InChI=1S/C23H24FN3O5S/c1-11-17-20(25-10-26-21(17)33-19(11)22(28)29-4)27-13-6-5-12(24)9-16(13)30-14-7-8-15-18(14)32-23(2,3)31-15/h5-6,9-10,14-15,18H,7-8H2,1-4H3,(H,25,26,27)/t14?,15-,18+/m1/s1. The van der Waals surface area contributed by atoms with Crippen molar-refractivity contribution in [2.24, 2.45) is 0 Å².